The Bertz CT molecular complexity index is 1620. The first-order chi connectivity index (χ1) is 17.5. The maximum absolute atomic E-state index is 15.0. The molecule has 1 fully saturated rings. The van der Waals surface area contributed by atoms with Gasteiger partial charge in [-0.2, -0.15) is 5.10 Å². The normalized spacial score (nSPS) is 15.0. The van der Waals surface area contributed by atoms with Crippen molar-refractivity contribution in [2.24, 2.45) is 7.05 Å². The highest BCUT2D eigenvalue weighted by atomic mass is 19.1. The highest BCUT2D eigenvalue weighted by molar-refractivity contribution is 5.96. The van der Waals surface area contributed by atoms with Crippen LogP contribution in [0.15, 0.2) is 41.6 Å². The average molecular weight is 490 g/mol. The zero-order chi connectivity index (χ0) is 24.8. The van der Waals surface area contributed by atoms with Crippen LogP contribution in [0, 0.1) is 5.82 Å². The second-order valence-electron chi connectivity index (χ2n) is 8.75. The maximum Gasteiger partial charge on any atom is 0.261 e. The molecule has 184 valence electrons. The first-order valence-corrected chi connectivity index (χ1v) is 11.6. The lowest BCUT2D eigenvalue weighted by molar-refractivity contribution is 0.122. The van der Waals surface area contributed by atoms with Gasteiger partial charge in [-0.3, -0.25) is 9.48 Å². The third kappa shape index (κ3) is 3.85. The van der Waals surface area contributed by atoms with E-state index in [9.17, 15) is 4.79 Å². The van der Waals surface area contributed by atoms with E-state index >= 15 is 4.39 Å². The molecule has 1 aromatic carbocycles. The smallest absolute Gasteiger partial charge is 0.261 e. The third-order valence-corrected chi connectivity index (χ3v) is 6.26. The van der Waals surface area contributed by atoms with Crippen LogP contribution in [0.25, 0.3) is 33.5 Å². The number of imidazole rings is 1. The van der Waals surface area contributed by atoms with Gasteiger partial charge < -0.3 is 24.9 Å². The van der Waals surface area contributed by atoms with E-state index < -0.39 is 0 Å². The van der Waals surface area contributed by atoms with Crippen LogP contribution in [0.5, 0.6) is 0 Å². The predicted octanol–water partition coefficient (Wildman–Crippen LogP) is 2.74. The fraction of sp³-hybridized carbons (Fsp3) is 0.292. The first-order valence-electron chi connectivity index (χ1n) is 11.6. The molecule has 5 heterocycles. The van der Waals surface area contributed by atoms with Gasteiger partial charge in [0.25, 0.3) is 5.56 Å². The molecule has 1 unspecified atom stereocenters. The number of hydrogen-bond acceptors (Lipinski definition) is 8. The van der Waals surface area contributed by atoms with Crippen LogP contribution < -0.4 is 15.8 Å². The molecule has 1 aliphatic rings. The summed E-state index contributed by atoms with van der Waals surface area (Å²) in [6.07, 6.45) is 5.06. The largest absolute Gasteiger partial charge is 0.378 e. The van der Waals surface area contributed by atoms with Crippen molar-refractivity contribution < 1.29 is 9.13 Å². The zero-order valence-corrected chi connectivity index (χ0v) is 19.7. The van der Waals surface area contributed by atoms with E-state index in [4.69, 9.17) is 4.74 Å². The summed E-state index contributed by atoms with van der Waals surface area (Å²) in [6, 6.07) is 4.53. The monoisotopic (exact) mass is 489 g/mol. The fourth-order valence-electron chi connectivity index (χ4n) is 4.55. The number of pyridine rings is 1. The Kier molecular flexibility index (Phi) is 5.37. The number of ether oxygens (including phenoxy) is 1. The van der Waals surface area contributed by atoms with Gasteiger partial charge in [0, 0.05) is 44.8 Å². The quantitative estimate of drug-likeness (QED) is 0.344. The van der Waals surface area contributed by atoms with Gasteiger partial charge in [-0.15, -0.1) is 0 Å². The topological polar surface area (TPSA) is 130 Å². The molecule has 0 aliphatic carbocycles. The molecule has 0 saturated carbocycles. The number of rotatable bonds is 5. The van der Waals surface area contributed by atoms with Crippen molar-refractivity contribution in [2.75, 3.05) is 36.5 Å². The number of nitrogens with one attached hydrogen (secondary N) is 3. The number of benzene rings is 1. The van der Waals surface area contributed by atoms with Crippen molar-refractivity contribution in [1.29, 1.82) is 0 Å². The van der Waals surface area contributed by atoms with Crippen LogP contribution >= 0.6 is 0 Å². The number of aromatic amines is 2. The molecule has 0 spiro atoms. The molecule has 1 atom stereocenters. The number of H-pyrrole nitrogens is 2. The summed E-state index contributed by atoms with van der Waals surface area (Å²) in [4.78, 5) is 34.6. The number of hydrogen-bond donors (Lipinski definition) is 3. The Labute approximate surface area is 204 Å². The Balaban J connectivity index is 1.49. The summed E-state index contributed by atoms with van der Waals surface area (Å²) in [5, 5.41) is 7.92. The van der Waals surface area contributed by atoms with Crippen LogP contribution in [0.2, 0.25) is 0 Å². The van der Waals surface area contributed by atoms with Crippen molar-refractivity contribution in [3.05, 3.63) is 58.8 Å². The molecular formula is C24H24FN9O2. The summed E-state index contributed by atoms with van der Waals surface area (Å²) >= 11 is 0. The molecule has 0 radical (unpaired) electrons. The molecule has 3 N–H and O–H groups in total. The Morgan fingerprint density at radius 2 is 1.92 bits per heavy atom. The Morgan fingerprint density at radius 1 is 1.14 bits per heavy atom. The van der Waals surface area contributed by atoms with Crippen LogP contribution in [0.3, 0.4) is 0 Å². The molecule has 36 heavy (non-hydrogen) atoms. The van der Waals surface area contributed by atoms with Gasteiger partial charge in [-0.05, 0) is 19.1 Å². The molecule has 11 nitrogen and oxygen atoms in total. The molecule has 12 heteroatoms. The minimum absolute atomic E-state index is 0.272. The molecular weight excluding hydrogens is 465 g/mol. The molecule has 0 bridgehead atoms. The lowest BCUT2D eigenvalue weighted by Gasteiger charge is -2.29. The standard InChI is InChI=1S/C24H24FN9O2/c1-13(22-26-4-3-5-27-22)28-21-19(24(35)31-17-12-33(2)32-20(17)21)23-29-15-10-14(25)18(11-16(15)30-23)34-6-8-36-9-7-34/h3-5,10-13,28H,6-9H2,1-2H3,(H,29,30)(H,31,35). The van der Waals surface area contributed by atoms with Gasteiger partial charge in [0.05, 0.1) is 47.2 Å². The van der Waals surface area contributed by atoms with Gasteiger partial charge in [0.1, 0.15) is 28.5 Å². The Morgan fingerprint density at radius 3 is 2.69 bits per heavy atom. The van der Waals surface area contributed by atoms with Crippen LogP contribution in [-0.4, -0.2) is 61.0 Å². The molecule has 4 aromatic heterocycles. The SMILES string of the molecule is CC(Nc1c(-c2nc3cc(F)c(N4CCOCC4)cc3[nH]2)c(=O)[nH]c2cn(C)nc12)c1ncccn1. The van der Waals surface area contributed by atoms with E-state index in [2.05, 4.69) is 35.3 Å². The average Bonchev–Trinajstić information content (AvgIpc) is 3.46. The maximum atomic E-state index is 15.0. The molecule has 0 amide bonds. The zero-order valence-electron chi connectivity index (χ0n) is 19.7. The third-order valence-electron chi connectivity index (χ3n) is 6.26. The van der Waals surface area contributed by atoms with E-state index in [-0.39, 0.29) is 23.0 Å². The Hall–Kier alpha value is -4.32. The molecule has 1 aliphatic heterocycles. The molecule has 6 rings (SSSR count). The lowest BCUT2D eigenvalue weighted by Crippen LogP contribution is -2.36. The summed E-state index contributed by atoms with van der Waals surface area (Å²) in [7, 11) is 1.78. The summed E-state index contributed by atoms with van der Waals surface area (Å²) in [5.74, 6) is 0.500. The summed E-state index contributed by atoms with van der Waals surface area (Å²) < 4.78 is 22.0. The van der Waals surface area contributed by atoms with Crippen molar-refractivity contribution in [2.45, 2.75) is 13.0 Å². The van der Waals surface area contributed by atoms with Crippen LogP contribution in [-0.2, 0) is 11.8 Å². The van der Waals surface area contributed by atoms with E-state index in [1.165, 1.54) is 6.07 Å². The fourth-order valence-corrected chi connectivity index (χ4v) is 4.55. The molecule has 5 aromatic rings. The summed E-state index contributed by atoms with van der Waals surface area (Å²) in [6.45, 7) is 4.20. The van der Waals surface area contributed by atoms with Crippen LogP contribution in [0.4, 0.5) is 15.8 Å². The van der Waals surface area contributed by atoms with Gasteiger partial charge in [0.2, 0.25) is 0 Å². The highest BCUT2D eigenvalue weighted by Crippen LogP contribution is 2.33. The number of halogens is 1. The molecule has 1 saturated heterocycles. The number of aromatic nitrogens is 7. The first kappa shape index (κ1) is 22.2. The minimum atomic E-state index is -0.371. The van der Waals surface area contributed by atoms with E-state index in [1.807, 2.05) is 11.8 Å². The van der Waals surface area contributed by atoms with Crippen molar-refractivity contribution in [1.82, 2.24) is 34.7 Å². The van der Waals surface area contributed by atoms with Gasteiger partial charge in [0.15, 0.2) is 0 Å². The second kappa shape index (κ2) is 8.72. The summed E-state index contributed by atoms with van der Waals surface area (Å²) in [5.41, 5.74) is 3.07. The van der Waals surface area contributed by atoms with Crippen molar-refractivity contribution in [3.63, 3.8) is 0 Å². The van der Waals surface area contributed by atoms with Crippen molar-refractivity contribution in [3.8, 4) is 11.4 Å². The van der Waals surface area contributed by atoms with Crippen LogP contribution in [0.1, 0.15) is 18.8 Å². The van der Waals surface area contributed by atoms with Gasteiger partial charge >= 0.3 is 0 Å². The number of fused-ring (bicyclic) bond motifs is 2. The lowest BCUT2D eigenvalue weighted by atomic mass is 10.1. The highest BCUT2D eigenvalue weighted by Gasteiger charge is 2.23. The second-order valence-corrected chi connectivity index (χ2v) is 8.75. The number of nitrogens with zero attached hydrogens (tertiary/aromatic N) is 6. The van der Waals surface area contributed by atoms with Gasteiger partial charge in [-0.25, -0.2) is 19.3 Å². The number of morpholine rings is 1. The minimum Gasteiger partial charge on any atom is -0.378 e. The van der Waals surface area contributed by atoms with E-state index in [0.29, 0.717) is 71.4 Å². The predicted molar refractivity (Wildman–Crippen MR) is 133 cm³/mol. The van der Waals surface area contributed by atoms with Crippen molar-refractivity contribution >= 4 is 33.4 Å². The van der Waals surface area contributed by atoms with E-state index in [1.54, 1.807) is 42.5 Å². The number of aryl methyl sites for hydroxylation is 1. The van der Waals surface area contributed by atoms with E-state index in [0.717, 1.165) is 0 Å². The number of anilines is 2. The van der Waals surface area contributed by atoms with Gasteiger partial charge in [-0.1, -0.05) is 0 Å².